The topological polar surface area (TPSA) is 134 Å². The van der Waals surface area contributed by atoms with Crippen molar-refractivity contribution in [1.29, 1.82) is 0 Å². The Morgan fingerprint density at radius 1 is 1.19 bits per heavy atom. The van der Waals surface area contributed by atoms with Crippen LogP contribution in [0, 0.1) is 0 Å². The largest absolute Gasteiger partial charge is 0.444 e. The summed E-state index contributed by atoms with van der Waals surface area (Å²) in [6.45, 7) is 7.38. The minimum atomic E-state index is -1.00. The highest BCUT2D eigenvalue weighted by atomic mass is 16.6. The van der Waals surface area contributed by atoms with Crippen LogP contribution in [0.3, 0.4) is 0 Å². The molecule has 0 bridgehead atoms. The van der Waals surface area contributed by atoms with Gasteiger partial charge in [0.05, 0.1) is 30.4 Å². The fourth-order valence-electron chi connectivity index (χ4n) is 4.60. The molecule has 2 fully saturated rings. The smallest absolute Gasteiger partial charge is 0.410 e. The van der Waals surface area contributed by atoms with Gasteiger partial charge in [0, 0.05) is 25.2 Å². The van der Waals surface area contributed by atoms with Gasteiger partial charge in [-0.1, -0.05) is 6.07 Å². The number of nitrogens with zero attached hydrogens (tertiary/aromatic N) is 2. The van der Waals surface area contributed by atoms with Gasteiger partial charge in [-0.2, -0.15) is 0 Å². The first-order valence-electron chi connectivity index (χ1n) is 12.2. The fraction of sp³-hybridized carbons (Fsp3) is 0.560. The number of anilines is 1. The molecule has 11 heteroatoms. The molecule has 11 nitrogen and oxygen atoms in total. The number of imide groups is 2. The number of rotatable bonds is 6. The molecule has 0 saturated carbocycles. The molecule has 2 atom stereocenters. The van der Waals surface area contributed by atoms with Gasteiger partial charge in [0.15, 0.2) is 0 Å². The van der Waals surface area contributed by atoms with E-state index in [0.717, 1.165) is 4.90 Å². The lowest BCUT2D eigenvalue weighted by molar-refractivity contribution is -0.136. The average molecular weight is 501 g/mol. The van der Waals surface area contributed by atoms with E-state index in [1.54, 1.807) is 23.1 Å². The van der Waals surface area contributed by atoms with Crippen molar-refractivity contribution in [3.05, 3.63) is 29.3 Å². The van der Waals surface area contributed by atoms with Crippen LogP contribution in [-0.4, -0.2) is 83.5 Å². The molecule has 5 amide bonds. The van der Waals surface area contributed by atoms with Crippen molar-refractivity contribution < 1.29 is 33.4 Å². The van der Waals surface area contributed by atoms with Crippen LogP contribution in [0.15, 0.2) is 18.2 Å². The van der Waals surface area contributed by atoms with Gasteiger partial charge >= 0.3 is 6.09 Å². The molecular weight excluding hydrogens is 468 g/mol. The second kappa shape index (κ2) is 10.3. The number of piperidine rings is 1. The lowest BCUT2D eigenvalue weighted by atomic mass is 10.0. The van der Waals surface area contributed by atoms with Crippen molar-refractivity contribution in [2.45, 2.75) is 64.2 Å². The molecule has 4 rings (SSSR count). The quantitative estimate of drug-likeness (QED) is 0.447. The van der Waals surface area contributed by atoms with Crippen molar-refractivity contribution in [2.24, 2.45) is 0 Å². The Kier molecular flexibility index (Phi) is 7.30. The number of hydrogen-bond acceptors (Lipinski definition) is 8. The number of fused-ring (bicyclic) bond motifs is 1. The van der Waals surface area contributed by atoms with Crippen LogP contribution in [0.4, 0.5) is 10.5 Å². The first-order chi connectivity index (χ1) is 17.0. The molecule has 1 unspecified atom stereocenters. The van der Waals surface area contributed by atoms with E-state index in [4.69, 9.17) is 9.47 Å². The van der Waals surface area contributed by atoms with Crippen LogP contribution in [0.2, 0.25) is 0 Å². The van der Waals surface area contributed by atoms with E-state index < -0.39 is 35.3 Å². The molecule has 36 heavy (non-hydrogen) atoms. The summed E-state index contributed by atoms with van der Waals surface area (Å²) >= 11 is 0. The highest BCUT2D eigenvalue weighted by Gasteiger charge is 2.45. The molecule has 2 N–H and O–H groups in total. The number of carbonyl (C=O) groups is 5. The van der Waals surface area contributed by atoms with Crippen molar-refractivity contribution in [3.63, 3.8) is 0 Å². The number of nitrogens with one attached hydrogen (secondary N) is 2. The van der Waals surface area contributed by atoms with Crippen LogP contribution < -0.4 is 10.6 Å². The molecule has 3 aliphatic heterocycles. The summed E-state index contributed by atoms with van der Waals surface area (Å²) in [5.41, 5.74) is 0.424. The Labute approximate surface area is 209 Å². The summed E-state index contributed by atoms with van der Waals surface area (Å²) in [7, 11) is 0. The minimum Gasteiger partial charge on any atom is -0.444 e. The molecule has 2 saturated heterocycles. The zero-order chi connectivity index (χ0) is 26.0. The maximum atomic E-state index is 13.2. The van der Waals surface area contributed by atoms with Crippen LogP contribution in [0.1, 0.15) is 67.2 Å². The number of carbonyl (C=O) groups excluding carboxylic acids is 5. The van der Waals surface area contributed by atoms with E-state index in [0.29, 0.717) is 44.8 Å². The highest BCUT2D eigenvalue weighted by Crippen LogP contribution is 2.32. The van der Waals surface area contributed by atoms with E-state index in [1.165, 1.54) is 0 Å². The number of benzene rings is 1. The van der Waals surface area contributed by atoms with Crippen molar-refractivity contribution in [1.82, 2.24) is 15.1 Å². The maximum absolute atomic E-state index is 13.2. The lowest BCUT2D eigenvalue weighted by Crippen LogP contribution is -2.54. The highest BCUT2D eigenvalue weighted by molar-refractivity contribution is 6.25. The number of ether oxygens (including phenoxy) is 2. The van der Waals surface area contributed by atoms with E-state index in [-0.39, 0.29) is 36.2 Å². The molecular formula is C25H32N4O7. The SMILES string of the molecule is CC(C)(C)OC(=O)N1CCO[C@H](CCCNc2cccc3c2C(=O)N(C2CCC(=O)NC2=O)C3=O)C1. The minimum absolute atomic E-state index is 0.0729. The molecule has 3 aliphatic rings. The summed E-state index contributed by atoms with van der Waals surface area (Å²) in [4.78, 5) is 64.8. The van der Waals surface area contributed by atoms with Gasteiger partial charge in [0.2, 0.25) is 11.8 Å². The summed E-state index contributed by atoms with van der Waals surface area (Å²) < 4.78 is 11.2. The first-order valence-corrected chi connectivity index (χ1v) is 12.2. The Hall–Kier alpha value is -3.47. The summed E-state index contributed by atoms with van der Waals surface area (Å²) in [6.07, 6.45) is 1.11. The predicted molar refractivity (Wildman–Crippen MR) is 128 cm³/mol. The molecule has 0 aromatic heterocycles. The Morgan fingerprint density at radius 2 is 1.97 bits per heavy atom. The average Bonchev–Trinajstić information content (AvgIpc) is 3.07. The Bertz CT molecular complexity index is 1080. The van der Waals surface area contributed by atoms with Crippen LogP contribution in [0.25, 0.3) is 0 Å². The Balaban J connectivity index is 1.33. The Morgan fingerprint density at radius 3 is 2.69 bits per heavy atom. The molecule has 0 radical (unpaired) electrons. The second-order valence-electron chi connectivity index (χ2n) is 10.2. The third-order valence-electron chi connectivity index (χ3n) is 6.28. The molecule has 194 valence electrons. The standard InChI is InChI=1S/C25H32N4O7/c1-25(2,3)36-24(34)28-12-13-35-15(14-28)6-5-11-26-17-8-4-7-16-20(17)23(33)29(22(16)32)18-9-10-19(30)27-21(18)31/h4,7-8,15,18,26H,5-6,9-14H2,1-3H3,(H,27,30,31)/t15-,18?/m1/s1. The zero-order valence-corrected chi connectivity index (χ0v) is 20.8. The number of amides is 5. The first kappa shape index (κ1) is 25.6. The van der Waals surface area contributed by atoms with Crippen LogP contribution >= 0.6 is 0 Å². The number of hydrogen-bond donors (Lipinski definition) is 2. The van der Waals surface area contributed by atoms with E-state index in [9.17, 15) is 24.0 Å². The molecule has 3 heterocycles. The van der Waals surface area contributed by atoms with Gasteiger partial charge in [0.25, 0.3) is 11.8 Å². The van der Waals surface area contributed by atoms with E-state index in [1.807, 2.05) is 20.8 Å². The van der Waals surface area contributed by atoms with Gasteiger partial charge in [-0.25, -0.2) is 4.79 Å². The van der Waals surface area contributed by atoms with Crippen LogP contribution in [-0.2, 0) is 19.1 Å². The third-order valence-corrected chi connectivity index (χ3v) is 6.28. The fourth-order valence-corrected chi connectivity index (χ4v) is 4.60. The van der Waals surface area contributed by atoms with Crippen LogP contribution in [0.5, 0.6) is 0 Å². The molecule has 0 spiro atoms. The summed E-state index contributed by atoms with van der Waals surface area (Å²) in [5.74, 6) is -2.13. The van der Waals surface area contributed by atoms with Crippen molar-refractivity contribution in [2.75, 3.05) is 31.6 Å². The number of morpholine rings is 1. The summed E-state index contributed by atoms with van der Waals surface area (Å²) in [6, 6.07) is 3.97. The van der Waals surface area contributed by atoms with Gasteiger partial charge in [-0.15, -0.1) is 0 Å². The molecule has 1 aromatic rings. The van der Waals surface area contributed by atoms with Gasteiger partial charge in [-0.3, -0.25) is 29.4 Å². The van der Waals surface area contributed by atoms with Crippen molar-refractivity contribution in [3.8, 4) is 0 Å². The van der Waals surface area contributed by atoms with Crippen molar-refractivity contribution >= 4 is 35.4 Å². The zero-order valence-electron chi connectivity index (χ0n) is 20.8. The van der Waals surface area contributed by atoms with Gasteiger partial charge in [0.1, 0.15) is 11.6 Å². The van der Waals surface area contributed by atoms with Gasteiger partial charge < -0.3 is 19.7 Å². The second-order valence-corrected chi connectivity index (χ2v) is 10.2. The predicted octanol–water partition coefficient (Wildman–Crippen LogP) is 1.92. The van der Waals surface area contributed by atoms with E-state index in [2.05, 4.69) is 10.6 Å². The van der Waals surface area contributed by atoms with Gasteiger partial charge in [-0.05, 0) is 52.2 Å². The normalized spacial score (nSPS) is 22.4. The molecule has 1 aromatic carbocycles. The maximum Gasteiger partial charge on any atom is 0.410 e. The molecule has 0 aliphatic carbocycles. The summed E-state index contributed by atoms with van der Waals surface area (Å²) in [5, 5.41) is 5.43. The lowest BCUT2D eigenvalue weighted by Gasteiger charge is -2.34. The monoisotopic (exact) mass is 500 g/mol. The van der Waals surface area contributed by atoms with E-state index >= 15 is 0 Å². The third kappa shape index (κ3) is 5.51.